The monoisotopic (exact) mass is 342 g/mol. The lowest BCUT2D eigenvalue weighted by molar-refractivity contribution is 1.34. The third-order valence-electron chi connectivity index (χ3n) is 1.64. The standard InChI is InChI=1S/C7H2Br2Cl2N2/c8-2-4(10)3(9)6-7(5(2)11)13-1-12-6/h1H,(H,12,13). The zero-order valence-electron chi connectivity index (χ0n) is 6.04. The fourth-order valence-corrected chi connectivity index (χ4v) is 2.66. The molecular weight excluding hydrogens is 343 g/mol. The molecule has 0 aliphatic heterocycles. The highest BCUT2D eigenvalue weighted by molar-refractivity contribution is 9.11. The van der Waals surface area contributed by atoms with Crippen LogP contribution >= 0.6 is 55.1 Å². The maximum absolute atomic E-state index is 6.01. The van der Waals surface area contributed by atoms with Gasteiger partial charge >= 0.3 is 0 Å². The molecule has 0 amide bonds. The summed E-state index contributed by atoms with van der Waals surface area (Å²) in [6.07, 6.45) is 1.57. The minimum atomic E-state index is 0.518. The van der Waals surface area contributed by atoms with E-state index in [1.807, 2.05) is 0 Å². The van der Waals surface area contributed by atoms with Gasteiger partial charge in [0.1, 0.15) is 5.52 Å². The average Bonchev–Trinajstić information content (AvgIpc) is 2.59. The molecule has 1 N–H and O–H groups in total. The Bertz CT molecular complexity index is 439. The van der Waals surface area contributed by atoms with Crippen molar-refractivity contribution in [2.24, 2.45) is 0 Å². The molecule has 68 valence electrons. The first-order chi connectivity index (χ1) is 6.13. The van der Waals surface area contributed by atoms with Crippen molar-refractivity contribution in [2.45, 2.75) is 0 Å². The van der Waals surface area contributed by atoms with Crippen LogP contribution in [0.4, 0.5) is 0 Å². The van der Waals surface area contributed by atoms with Crippen LogP contribution in [-0.2, 0) is 0 Å². The van der Waals surface area contributed by atoms with Gasteiger partial charge in [-0.15, -0.1) is 0 Å². The van der Waals surface area contributed by atoms with Crippen molar-refractivity contribution in [3.8, 4) is 0 Å². The van der Waals surface area contributed by atoms with Crippen molar-refractivity contribution >= 4 is 66.1 Å². The summed E-state index contributed by atoms with van der Waals surface area (Å²) in [6, 6.07) is 0. The van der Waals surface area contributed by atoms with Gasteiger partial charge in [-0.25, -0.2) is 4.98 Å². The molecule has 0 saturated carbocycles. The molecule has 1 aromatic carbocycles. The summed E-state index contributed by atoms with van der Waals surface area (Å²) in [5.41, 5.74) is 1.50. The van der Waals surface area contributed by atoms with Crippen LogP contribution in [0.5, 0.6) is 0 Å². The molecule has 13 heavy (non-hydrogen) atoms. The number of aromatic nitrogens is 2. The predicted octanol–water partition coefficient (Wildman–Crippen LogP) is 4.39. The summed E-state index contributed by atoms with van der Waals surface area (Å²) in [5, 5.41) is 1.06. The molecule has 2 nitrogen and oxygen atoms in total. The molecule has 1 heterocycles. The minimum Gasteiger partial charge on any atom is -0.344 e. The molecule has 1 aromatic heterocycles. The number of nitrogens with zero attached hydrogens (tertiary/aromatic N) is 1. The van der Waals surface area contributed by atoms with Gasteiger partial charge in [0.15, 0.2) is 0 Å². The second-order valence-electron chi connectivity index (χ2n) is 2.38. The van der Waals surface area contributed by atoms with Gasteiger partial charge in [0, 0.05) is 0 Å². The summed E-state index contributed by atoms with van der Waals surface area (Å²) in [7, 11) is 0. The topological polar surface area (TPSA) is 28.7 Å². The van der Waals surface area contributed by atoms with Crippen LogP contribution in [0.15, 0.2) is 15.3 Å². The third kappa shape index (κ3) is 1.40. The van der Waals surface area contributed by atoms with E-state index in [0.29, 0.717) is 20.0 Å². The van der Waals surface area contributed by atoms with Gasteiger partial charge in [-0.3, -0.25) is 0 Å². The Morgan fingerprint density at radius 1 is 1.15 bits per heavy atom. The molecule has 0 bridgehead atoms. The van der Waals surface area contributed by atoms with Gasteiger partial charge in [-0.1, -0.05) is 23.2 Å². The number of nitrogens with one attached hydrogen (secondary N) is 1. The summed E-state index contributed by atoms with van der Waals surface area (Å²) < 4.78 is 1.42. The Labute approximate surface area is 101 Å². The molecule has 0 fully saturated rings. The van der Waals surface area contributed by atoms with E-state index in [2.05, 4.69) is 41.8 Å². The summed E-state index contributed by atoms with van der Waals surface area (Å²) >= 11 is 18.6. The molecule has 2 rings (SSSR count). The van der Waals surface area contributed by atoms with E-state index in [1.54, 1.807) is 6.33 Å². The smallest absolute Gasteiger partial charge is 0.109 e. The molecule has 0 saturated heterocycles. The van der Waals surface area contributed by atoms with Gasteiger partial charge in [0.05, 0.1) is 30.8 Å². The Hall–Kier alpha value is 0.230. The first kappa shape index (κ1) is 9.77. The average molecular weight is 345 g/mol. The number of aromatic amines is 1. The van der Waals surface area contributed by atoms with Crippen LogP contribution in [0.3, 0.4) is 0 Å². The summed E-state index contributed by atoms with van der Waals surface area (Å²) in [6.45, 7) is 0. The van der Waals surface area contributed by atoms with E-state index in [9.17, 15) is 0 Å². The van der Waals surface area contributed by atoms with Crippen LogP contribution in [-0.4, -0.2) is 9.97 Å². The van der Waals surface area contributed by atoms with Crippen molar-refractivity contribution in [3.63, 3.8) is 0 Å². The maximum atomic E-state index is 6.01. The number of imidazole rings is 1. The molecule has 0 unspecified atom stereocenters. The molecule has 2 aromatic rings. The van der Waals surface area contributed by atoms with Crippen molar-refractivity contribution in [1.29, 1.82) is 0 Å². The molecule has 0 spiro atoms. The second-order valence-corrected chi connectivity index (χ2v) is 4.72. The highest BCUT2D eigenvalue weighted by Crippen LogP contribution is 2.41. The Morgan fingerprint density at radius 3 is 2.54 bits per heavy atom. The number of fused-ring (bicyclic) bond motifs is 1. The highest BCUT2D eigenvalue weighted by atomic mass is 79.9. The Kier molecular flexibility index (Phi) is 2.57. The zero-order chi connectivity index (χ0) is 9.59. The number of halogens is 4. The maximum Gasteiger partial charge on any atom is 0.109 e. The van der Waals surface area contributed by atoms with Crippen molar-refractivity contribution in [1.82, 2.24) is 9.97 Å². The molecular formula is C7H2Br2Cl2N2. The SMILES string of the molecule is Clc1c(Br)c(Cl)c2nc[nH]c2c1Br. The van der Waals surface area contributed by atoms with Crippen LogP contribution < -0.4 is 0 Å². The predicted molar refractivity (Wildman–Crippen MR) is 61.5 cm³/mol. The lowest BCUT2D eigenvalue weighted by atomic mass is 10.3. The lowest BCUT2D eigenvalue weighted by Gasteiger charge is -2.03. The van der Waals surface area contributed by atoms with E-state index >= 15 is 0 Å². The van der Waals surface area contributed by atoms with Crippen LogP contribution in [0.25, 0.3) is 11.0 Å². The Morgan fingerprint density at radius 2 is 1.85 bits per heavy atom. The van der Waals surface area contributed by atoms with Gasteiger partial charge in [0.2, 0.25) is 0 Å². The normalized spacial score (nSPS) is 11.1. The quantitative estimate of drug-likeness (QED) is 0.557. The number of hydrogen-bond acceptors (Lipinski definition) is 1. The van der Waals surface area contributed by atoms with Gasteiger partial charge in [-0.2, -0.15) is 0 Å². The second kappa shape index (κ2) is 3.42. The molecule has 0 aliphatic carbocycles. The summed E-state index contributed by atoms with van der Waals surface area (Å²) in [5.74, 6) is 0. The van der Waals surface area contributed by atoms with Crippen molar-refractivity contribution < 1.29 is 0 Å². The van der Waals surface area contributed by atoms with E-state index in [1.165, 1.54) is 0 Å². The van der Waals surface area contributed by atoms with Crippen LogP contribution in [0, 0.1) is 0 Å². The van der Waals surface area contributed by atoms with Crippen LogP contribution in [0.1, 0.15) is 0 Å². The molecule has 6 heteroatoms. The van der Waals surface area contributed by atoms with Crippen LogP contribution in [0.2, 0.25) is 10.0 Å². The van der Waals surface area contributed by atoms with Gasteiger partial charge in [-0.05, 0) is 31.9 Å². The number of benzene rings is 1. The van der Waals surface area contributed by atoms with E-state index in [-0.39, 0.29) is 0 Å². The van der Waals surface area contributed by atoms with E-state index in [0.717, 1.165) is 9.99 Å². The van der Waals surface area contributed by atoms with Crippen molar-refractivity contribution in [3.05, 3.63) is 25.3 Å². The molecule has 0 aliphatic rings. The van der Waals surface area contributed by atoms with Crippen molar-refractivity contribution in [2.75, 3.05) is 0 Å². The van der Waals surface area contributed by atoms with Gasteiger partial charge in [0.25, 0.3) is 0 Å². The third-order valence-corrected chi connectivity index (χ3v) is 4.66. The first-order valence-electron chi connectivity index (χ1n) is 3.28. The fraction of sp³-hybridized carbons (Fsp3) is 0. The minimum absolute atomic E-state index is 0.518. The van der Waals surface area contributed by atoms with Gasteiger partial charge < -0.3 is 4.98 Å². The lowest BCUT2D eigenvalue weighted by Crippen LogP contribution is -1.80. The number of H-pyrrole nitrogens is 1. The molecule has 0 atom stereocenters. The number of rotatable bonds is 0. The largest absolute Gasteiger partial charge is 0.344 e. The molecule has 0 radical (unpaired) electrons. The fourth-order valence-electron chi connectivity index (χ4n) is 1.03. The first-order valence-corrected chi connectivity index (χ1v) is 5.62. The Balaban J connectivity index is 3.02. The van der Waals surface area contributed by atoms with E-state index < -0.39 is 0 Å². The van der Waals surface area contributed by atoms with E-state index in [4.69, 9.17) is 23.2 Å². The summed E-state index contributed by atoms with van der Waals surface area (Å²) in [4.78, 5) is 7.02. The number of hydrogen-bond donors (Lipinski definition) is 1. The zero-order valence-corrected chi connectivity index (χ0v) is 10.7. The highest BCUT2D eigenvalue weighted by Gasteiger charge is 2.15.